The van der Waals surface area contributed by atoms with Gasteiger partial charge in [-0.3, -0.25) is 4.72 Å². The summed E-state index contributed by atoms with van der Waals surface area (Å²) in [5, 5.41) is 10.3. The lowest BCUT2D eigenvalue weighted by Gasteiger charge is -2.14. The maximum atomic E-state index is 13.7. The SMILES string of the molecule is CCCCCCCCCCOc1ccc(S(=O)(=O)Nc2ccc(F)c(C(=O)O)c2)c2ccccc12. The number of anilines is 1. The Bertz CT molecular complexity index is 1260. The number of benzene rings is 3. The van der Waals surface area contributed by atoms with E-state index in [1.54, 1.807) is 24.3 Å². The maximum absolute atomic E-state index is 13.7. The summed E-state index contributed by atoms with van der Waals surface area (Å²) in [7, 11) is -4.08. The van der Waals surface area contributed by atoms with Crippen LogP contribution in [0.15, 0.2) is 59.5 Å². The topological polar surface area (TPSA) is 92.7 Å². The van der Waals surface area contributed by atoms with E-state index in [2.05, 4.69) is 11.6 Å². The third-order valence-corrected chi connectivity index (χ3v) is 7.28. The van der Waals surface area contributed by atoms with E-state index in [9.17, 15) is 17.6 Å². The molecular formula is C27H32FNO5S. The molecule has 0 saturated carbocycles. The Morgan fingerprint density at radius 3 is 2.26 bits per heavy atom. The van der Waals surface area contributed by atoms with Crippen molar-refractivity contribution in [3.8, 4) is 5.75 Å². The first-order valence-electron chi connectivity index (χ1n) is 12.0. The second kappa shape index (κ2) is 12.5. The van der Waals surface area contributed by atoms with E-state index >= 15 is 0 Å². The van der Waals surface area contributed by atoms with Gasteiger partial charge in [0.05, 0.1) is 17.1 Å². The summed E-state index contributed by atoms with van der Waals surface area (Å²) in [6.07, 6.45) is 9.56. The molecule has 2 N–H and O–H groups in total. The Labute approximate surface area is 206 Å². The first-order valence-corrected chi connectivity index (χ1v) is 13.5. The molecular weight excluding hydrogens is 469 g/mol. The Hall–Kier alpha value is -3.13. The van der Waals surface area contributed by atoms with E-state index in [4.69, 9.17) is 9.84 Å². The molecule has 0 aliphatic heterocycles. The zero-order valence-corrected chi connectivity index (χ0v) is 20.7. The van der Waals surface area contributed by atoms with Gasteiger partial charge in [0, 0.05) is 16.5 Å². The van der Waals surface area contributed by atoms with Gasteiger partial charge in [-0.1, -0.05) is 76.1 Å². The molecule has 0 heterocycles. The van der Waals surface area contributed by atoms with Crippen molar-refractivity contribution in [1.29, 1.82) is 0 Å². The molecule has 3 aromatic rings. The number of fused-ring (bicyclic) bond motifs is 1. The van der Waals surface area contributed by atoms with Gasteiger partial charge in [-0.25, -0.2) is 17.6 Å². The number of sulfonamides is 1. The molecule has 0 aliphatic rings. The molecule has 3 aromatic carbocycles. The lowest BCUT2D eigenvalue weighted by atomic mass is 10.1. The molecule has 0 bridgehead atoms. The van der Waals surface area contributed by atoms with Crippen molar-refractivity contribution in [1.82, 2.24) is 0 Å². The number of unbranched alkanes of at least 4 members (excludes halogenated alkanes) is 7. The average molecular weight is 502 g/mol. The number of hydrogen-bond acceptors (Lipinski definition) is 4. The van der Waals surface area contributed by atoms with Crippen LogP contribution in [0.2, 0.25) is 0 Å². The van der Waals surface area contributed by atoms with E-state index in [0.29, 0.717) is 23.1 Å². The van der Waals surface area contributed by atoms with E-state index in [1.807, 2.05) is 6.07 Å². The molecule has 8 heteroatoms. The van der Waals surface area contributed by atoms with Crippen molar-refractivity contribution in [3.63, 3.8) is 0 Å². The van der Waals surface area contributed by atoms with Crippen LogP contribution >= 0.6 is 0 Å². The van der Waals surface area contributed by atoms with Crippen LogP contribution < -0.4 is 9.46 Å². The zero-order chi connectivity index (χ0) is 25.3. The van der Waals surface area contributed by atoms with E-state index in [1.165, 1.54) is 50.7 Å². The minimum atomic E-state index is -4.08. The molecule has 35 heavy (non-hydrogen) atoms. The second-order valence-electron chi connectivity index (χ2n) is 8.54. The highest BCUT2D eigenvalue weighted by atomic mass is 32.2. The van der Waals surface area contributed by atoms with E-state index in [-0.39, 0.29) is 10.6 Å². The van der Waals surface area contributed by atoms with Crippen molar-refractivity contribution in [3.05, 3.63) is 66.0 Å². The van der Waals surface area contributed by atoms with Crippen LogP contribution in [0.4, 0.5) is 10.1 Å². The summed E-state index contributed by atoms with van der Waals surface area (Å²) < 4.78 is 48.3. The number of aromatic carboxylic acids is 1. The predicted octanol–water partition coefficient (Wildman–Crippen LogP) is 7.00. The van der Waals surface area contributed by atoms with Crippen molar-refractivity contribution >= 4 is 32.5 Å². The molecule has 0 atom stereocenters. The minimum absolute atomic E-state index is 0.0220. The minimum Gasteiger partial charge on any atom is -0.493 e. The third kappa shape index (κ3) is 7.18. The summed E-state index contributed by atoms with van der Waals surface area (Å²) in [5.41, 5.74) is -0.650. The lowest BCUT2D eigenvalue weighted by Crippen LogP contribution is -2.14. The number of rotatable bonds is 14. The first kappa shape index (κ1) is 26.5. The number of carboxylic acids is 1. The van der Waals surface area contributed by atoms with Crippen LogP contribution in [0, 0.1) is 5.82 Å². The van der Waals surface area contributed by atoms with E-state index in [0.717, 1.165) is 25.0 Å². The Morgan fingerprint density at radius 1 is 0.914 bits per heavy atom. The van der Waals surface area contributed by atoms with Gasteiger partial charge in [-0.2, -0.15) is 0 Å². The summed E-state index contributed by atoms with van der Waals surface area (Å²) in [6.45, 7) is 2.76. The fraction of sp³-hybridized carbons (Fsp3) is 0.370. The monoisotopic (exact) mass is 501 g/mol. The highest BCUT2D eigenvalue weighted by Crippen LogP contribution is 2.32. The van der Waals surface area contributed by atoms with Gasteiger partial charge in [-0.05, 0) is 36.8 Å². The van der Waals surface area contributed by atoms with Gasteiger partial charge in [0.2, 0.25) is 0 Å². The Balaban J connectivity index is 1.70. The third-order valence-electron chi connectivity index (χ3n) is 5.84. The molecule has 0 aliphatic carbocycles. The largest absolute Gasteiger partial charge is 0.493 e. The standard InChI is InChI=1S/C27H32FNO5S/c1-2-3-4-5-6-7-8-11-18-34-25-16-17-26(22-13-10-9-12-21(22)25)35(32,33)29-20-14-15-24(28)23(19-20)27(30)31/h9-10,12-17,19,29H,2-8,11,18H2,1H3,(H,30,31). The normalized spacial score (nSPS) is 11.5. The molecule has 0 saturated heterocycles. The van der Waals surface area contributed by atoms with Crippen LogP contribution in [0.5, 0.6) is 5.75 Å². The molecule has 0 spiro atoms. The number of nitrogens with one attached hydrogen (secondary N) is 1. The molecule has 0 unspecified atom stereocenters. The fourth-order valence-corrected chi connectivity index (χ4v) is 5.25. The molecule has 188 valence electrons. The summed E-state index contributed by atoms with van der Waals surface area (Å²) >= 11 is 0. The molecule has 0 fully saturated rings. The second-order valence-corrected chi connectivity index (χ2v) is 10.2. The van der Waals surface area contributed by atoms with Crippen LogP contribution in [-0.4, -0.2) is 26.1 Å². The van der Waals surface area contributed by atoms with Crippen LogP contribution in [0.1, 0.15) is 68.6 Å². The van der Waals surface area contributed by atoms with Crippen molar-refractivity contribution < 1.29 is 27.4 Å². The quantitative estimate of drug-likeness (QED) is 0.232. The Morgan fingerprint density at radius 2 is 1.57 bits per heavy atom. The van der Waals surface area contributed by atoms with Crippen LogP contribution in [0.25, 0.3) is 10.8 Å². The van der Waals surface area contributed by atoms with Crippen LogP contribution in [-0.2, 0) is 10.0 Å². The molecule has 6 nitrogen and oxygen atoms in total. The lowest BCUT2D eigenvalue weighted by molar-refractivity contribution is 0.0692. The zero-order valence-electron chi connectivity index (χ0n) is 19.9. The van der Waals surface area contributed by atoms with Crippen LogP contribution in [0.3, 0.4) is 0 Å². The van der Waals surface area contributed by atoms with Crippen molar-refractivity contribution in [2.24, 2.45) is 0 Å². The molecule has 0 aromatic heterocycles. The number of carbonyl (C=O) groups is 1. The summed E-state index contributed by atoms with van der Waals surface area (Å²) in [5.74, 6) is -1.81. The van der Waals surface area contributed by atoms with Crippen molar-refractivity contribution in [2.75, 3.05) is 11.3 Å². The molecule has 0 amide bonds. The molecule has 0 radical (unpaired) electrons. The van der Waals surface area contributed by atoms with Crippen molar-refractivity contribution in [2.45, 2.75) is 63.2 Å². The maximum Gasteiger partial charge on any atom is 0.338 e. The fourth-order valence-electron chi connectivity index (χ4n) is 3.98. The highest BCUT2D eigenvalue weighted by Gasteiger charge is 2.21. The van der Waals surface area contributed by atoms with Gasteiger partial charge in [0.1, 0.15) is 11.6 Å². The predicted molar refractivity (Wildman–Crippen MR) is 136 cm³/mol. The van der Waals surface area contributed by atoms with Gasteiger partial charge in [0.25, 0.3) is 10.0 Å². The van der Waals surface area contributed by atoms with Gasteiger partial charge >= 0.3 is 5.97 Å². The summed E-state index contributed by atoms with van der Waals surface area (Å²) in [4.78, 5) is 11.2. The first-order chi connectivity index (χ1) is 16.8. The number of ether oxygens (including phenoxy) is 1. The number of halogens is 1. The number of carboxylic acid groups (broad SMARTS) is 1. The Kier molecular flexibility index (Phi) is 9.48. The molecule has 3 rings (SSSR count). The highest BCUT2D eigenvalue weighted by molar-refractivity contribution is 7.93. The van der Waals surface area contributed by atoms with E-state index < -0.39 is 27.4 Å². The smallest absolute Gasteiger partial charge is 0.338 e. The average Bonchev–Trinajstić information content (AvgIpc) is 2.83. The van der Waals surface area contributed by atoms with Gasteiger partial charge < -0.3 is 9.84 Å². The van der Waals surface area contributed by atoms with Gasteiger partial charge in [0.15, 0.2) is 0 Å². The van der Waals surface area contributed by atoms with Gasteiger partial charge in [-0.15, -0.1) is 0 Å². The number of hydrogen-bond donors (Lipinski definition) is 2. The summed E-state index contributed by atoms with van der Waals surface area (Å²) in [6, 6.07) is 13.2.